The molecule has 4 rings (SSSR count). The van der Waals surface area contributed by atoms with Crippen LogP contribution in [0.15, 0.2) is 61.5 Å². The molecule has 0 radical (unpaired) electrons. The zero-order valence-electron chi connectivity index (χ0n) is 18.8. The predicted molar refractivity (Wildman–Crippen MR) is 129 cm³/mol. The monoisotopic (exact) mass is 548 g/mol. The molecule has 10 heteroatoms. The van der Waals surface area contributed by atoms with E-state index in [0.717, 1.165) is 6.42 Å². The number of nitrogens with zero attached hydrogens (tertiary/aromatic N) is 2. The summed E-state index contributed by atoms with van der Waals surface area (Å²) in [5, 5.41) is 10.7. The average Bonchev–Trinajstić information content (AvgIpc) is 3.29. The number of rotatable bonds is 8. The quantitative estimate of drug-likeness (QED) is 0.437. The Labute approximate surface area is 206 Å². The number of benzene rings is 2. The Morgan fingerprint density at radius 3 is 2.56 bits per heavy atom. The van der Waals surface area contributed by atoms with Crippen LogP contribution in [-0.4, -0.2) is 29.9 Å². The topological polar surface area (TPSA) is 108 Å². The number of aryl methyl sites for hydroxylation is 1. The van der Waals surface area contributed by atoms with Gasteiger partial charge >= 0.3 is 0 Å². The van der Waals surface area contributed by atoms with Crippen molar-refractivity contribution in [1.82, 2.24) is 9.55 Å². The molecule has 1 unspecified atom stereocenters. The lowest BCUT2D eigenvalue weighted by atomic mass is 10.0. The van der Waals surface area contributed by atoms with Gasteiger partial charge in [-0.25, -0.2) is 8.42 Å². The van der Waals surface area contributed by atoms with Crippen LogP contribution in [-0.2, 0) is 16.3 Å². The van der Waals surface area contributed by atoms with Gasteiger partial charge in [0, 0.05) is 16.5 Å². The lowest BCUT2D eigenvalue weighted by Gasteiger charge is -2.24. The lowest BCUT2D eigenvalue weighted by Crippen LogP contribution is -2.33. The number of aromatic nitrogens is 2. The molecule has 3 aromatic rings. The van der Waals surface area contributed by atoms with Crippen LogP contribution in [0.25, 0.3) is 0 Å². The van der Waals surface area contributed by atoms with Gasteiger partial charge in [0.15, 0.2) is 16.4 Å². The van der Waals surface area contributed by atoms with Crippen LogP contribution < -0.4 is 15.0 Å². The Hall–Kier alpha value is -2.85. The number of unbranched alkanes of at least 4 members (excludes halogenated alkanes) is 1. The smallest absolute Gasteiger partial charge is 0.277 e. The third-order valence-corrected chi connectivity index (χ3v) is 8.08. The van der Waals surface area contributed by atoms with Crippen molar-refractivity contribution in [1.29, 1.82) is 0 Å². The second-order valence-electron chi connectivity index (χ2n) is 7.92. The molecule has 1 N–H and O–H groups in total. The van der Waals surface area contributed by atoms with Gasteiger partial charge in [-0.1, -0.05) is 48.3 Å². The van der Waals surface area contributed by atoms with Crippen LogP contribution in [0.5, 0.6) is 17.4 Å². The third kappa shape index (κ3) is 4.32. The van der Waals surface area contributed by atoms with E-state index < -0.39 is 32.2 Å². The van der Waals surface area contributed by atoms with Crippen LogP contribution in [0.4, 0.5) is 0 Å². The van der Waals surface area contributed by atoms with Gasteiger partial charge in [-0.3, -0.25) is 9.36 Å². The lowest BCUT2D eigenvalue weighted by molar-refractivity contribution is 0.172. The Balaban J connectivity index is 1.97. The zero-order chi connectivity index (χ0) is 24.5. The average molecular weight is 549 g/mol. The first-order valence-electron chi connectivity index (χ1n) is 11.0. The first-order valence-corrected chi connectivity index (χ1v) is 13.3. The highest BCUT2D eigenvalue weighted by atomic mass is 79.9. The predicted octanol–water partition coefficient (Wildman–Crippen LogP) is 4.61. The second kappa shape index (κ2) is 9.79. The fourth-order valence-corrected chi connectivity index (χ4v) is 5.71. The van der Waals surface area contributed by atoms with E-state index in [0.29, 0.717) is 46.6 Å². The maximum Gasteiger partial charge on any atom is 0.277 e. The van der Waals surface area contributed by atoms with Gasteiger partial charge in [-0.2, -0.15) is 4.98 Å². The van der Waals surface area contributed by atoms with Crippen LogP contribution in [0.2, 0.25) is 0 Å². The number of ether oxygens (including phenoxy) is 2. The molecule has 34 heavy (non-hydrogen) atoms. The maximum absolute atomic E-state index is 13.8. The summed E-state index contributed by atoms with van der Waals surface area (Å²) in [5.74, 6) is 0.618. The molecule has 0 fully saturated rings. The first-order chi connectivity index (χ1) is 16.3. The molecule has 1 aliphatic heterocycles. The molecule has 1 aromatic heterocycles. The molecule has 8 nitrogen and oxygen atoms in total. The maximum atomic E-state index is 13.8. The summed E-state index contributed by atoms with van der Waals surface area (Å²) in [7, 11) is -4.33. The number of hydrogen-bond donors (Lipinski definition) is 1. The molecule has 0 bridgehead atoms. The van der Waals surface area contributed by atoms with Gasteiger partial charge in [0.25, 0.3) is 5.56 Å². The highest BCUT2D eigenvalue weighted by molar-refractivity contribution is 9.10. The molecule has 0 aliphatic carbocycles. The van der Waals surface area contributed by atoms with E-state index in [1.807, 2.05) is 19.9 Å². The number of para-hydroxylation sites is 1. The Morgan fingerprint density at radius 2 is 1.88 bits per heavy atom. The molecule has 180 valence electrons. The van der Waals surface area contributed by atoms with Crippen LogP contribution in [0.3, 0.4) is 0 Å². The van der Waals surface area contributed by atoms with Gasteiger partial charge < -0.3 is 14.6 Å². The molecule has 0 spiro atoms. The standard InChI is InChI=1S/C24H25BrN2O6S/c1-3-5-9-20-26-23(28)22(34(30,31)16-12-10-15(25)11-13-16)24(29)27(20)18(4-2)17-7-6-8-19-21(17)33-14-32-19/h6-8,10-13,18,28H,3-5,9,14H2,1-2H3. The molecule has 2 aromatic carbocycles. The largest absolute Gasteiger partial charge is 0.492 e. The molecule has 0 amide bonds. The number of sulfone groups is 1. The van der Waals surface area contributed by atoms with E-state index in [1.54, 1.807) is 24.3 Å². The SMILES string of the molecule is CCCCc1nc(O)c(S(=O)(=O)c2ccc(Br)cc2)c(=O)n1C(CC)c1cccc2c1OCO2. The molecule has 1 atom stereocenters. The number of fused-ring (bicyclic) bond motifs is 1. The van der Waals surface area contributed by atoms with Gasteiger partial charge in [0.2, 0.25) is 22.5 Å². The van der Waals surface area contributed by atoms with Crippen LogP contribution in [0.1, 0.15) is 50.5 Å². The van der Waals surface area contributed by atoms with Gasteiger partial charge in [0.1, 0.15) is 5.82 Å². The van der Waals surface area contributed by atoms with E-state index in [2.05, 4.69) is 20.9 Å². The van der Waals surface area contributed by atoms with Crippen molar-refractivity contribution in [2.24, 2.45) is 0 Å². The summed E-state index contributed by atoms with van der Waals surface area (Å²) in [6.07, 6.45) is 2.42. The molecular formula is C24H25BrN2O6S. The minimum atomic E-state index is -4.33. The van der Waals surface area contributed by atoms with Crippen LogP contribution >= 0.6 is 15.9 Å². The summed E-state index contributed by atoms with van der Waals surface area (Å²) in [6.45, 7) is 3.96. The first kappa shape index (κ1) is 24.3. The van der Waals surface area contributed by atoms with Crippen molar-refractivity contribution < 1.29 is 23.0 Å². The van der Waals surface area contributed by atoms with E-state index >= 15 is 0 Å². The summed E-state index contributed by atoms with van der Waals surface area (Å²) in [6, 6.07) is 10.7. The fourth-order valence-electron chi connectivity index (χ4n) is 4.11. The van der Waals surface area contributed by atoms with Gasteiger partial charge in [-0.15, -0.1) is 0 Å². The van der Waals surface area contributed by atoms with Gasteiger partial charge in [0.05, 0.1) is 10.9 Å². The zero-order valence-corrected chi connectivity index (χ0v) is 21.2. The van der Waals surface area contributed by atoms with Crippen molar-refractivity contribution >= 4 is 25.8 Å². The molecule has 0 saturated carbocycles. The van der Waals surface area contributed by atoms with Gasteiger partial charge in [-0.05, 0) is 43.2 Å². The van der Waals surface area contributed by atoms with Crippen LogP contribution in [0, 0.1) is 0 Å². The van der Waals surface area contributed by atoms with Crippen molar-refractivity contribution in [2.75, 3.05) is 6.79 Å². The molecule has 0 saturated heterocycles. The van der Waals surface area contributed by atoms with Crippen molar-refractivity contribution in [3.8, 4) is 17.4 Å². The van der Waals surface area contributed by atoms with E-state index in [9.17, 15) is 18.3 Å². The highest BCUT2D eigenvalue weighted by Crippen LogP contribution is 2.41. The second-order valence-corrected chi connectivity index (χ2v) is 10.7. The number of hydrogen-bond acceptors (Lipinski definition) is 7. The van der Waals surface area contributed by atoms with E-state index in [-0.39, 0.29) is 11.7 Å². The van der Waals surface area contributed by atoms with Crippen molar-refractivity contribution in [2.45, 2.75) is 55.4 Å². The fraction of sp³-hybridized carbons (Fsp3) is 0.333. The molecule has 1 aliphatic rings. The Bertz CT molecular complexity index is 1370. The summed E-state index contributed by atoms with van der Waals surface area (Å²) < 4.78 is 40.1. The molecular weight excluding hydrogens is 524 g/mol. The Morgan fingerprint density at radius 1 is 1.15 bits per heavy atom. The normalized spacial score (nSPS) is 13.7. The van der Waals surface area contributed by atoms with E-state index in [4.69, 9.17) is 9.47 Å². The van der Waals surface area contributed by atoms with Crippen molar-refractivity contribution in [3.05, 3.63) is 68.7 Å². The third-order valence-electron chi connectivity index (χ3n) is 5.76. The highest BCUT2D eigenvalue weighted by Gasteiger charge is 2.33. The van der Waals surface area contributed by atoms with Crippen molar-refractivity contribution in [3.63, 3.8) is 0 Å². The summed E-state index contributed by atoms with van der Waals surface area (Å²) >= 11 is 3.28. The van der Waals surface area contributed by atoms with E-state index in [1.165, 1.54) is 16.7 Å². The molecule has 2 heterocycles. The summed E-state index contributed by atoms with van der Waals surface area (Å²) in [5.41, 5.74) is -0.123. The summed E-state index contributed by atoms with van der Waals surface area (Å²) in [4.78, 5) is 17.2. The minimum Gasteiger partial charge on any atom is -0.492 e. The minimum absolute atomic E-state index is 0.0669. The Kier molecular flexibility index (Phi) is 6.99. The number of aromatic hydroxyl groups is 1. The number of halogens is 1.